The van der Waals surface area contributed by atoms with Gasteiger partial charge in [0.05, 0.1) is 0 Å². The van der Waals surface area contributed by atoms with Gasteiger partial charge >= 0.3 is 0 Å². The third-order valence-corrected chi connectivity index (χ3v) is 4.19. The second-order valence-electron chi connectivity index (χ2n) is 2.75. The van der Waals surface area contributed by atoms with E-state index < -0.39 is 5.44 Å². The summed E-state index contributed by atoms with van der Waals surface area (Å²) in [5.74, 6) is 0.985. The van der Waals surface area contributed by atoms with Crippen LogP contribution in [-0.4, -0.2) is 34.7 Å². The van der Waals surface area contributed by atoms with E-state index in [0.29, 0.717) is 6.42 Å². The van der Waals surface area contributed by atoms with Crippen LogP contribution in [-0.2, 0) is 4.79 Å². The molecule has 1 N–H and O–H groups in total. The Kier molecular flexibility index (Phi) is 8.12. The summed E-state index contributed by atoms with van der Waals surface area (Å²) in [7, 11) is 4.79. The van der Waals surface area contributed by atoms with E-state index in [-0.39, 0.29) is 0 Å². The van der Waals surface area contributed by atoms with Crippen molar-refractivity contribution in [2.45, 2.75) is 25.7 Å². The van der Waals surface area contributed by atoms with E-state index in [0.717, 1.165) is 17.9 Å². The standard InChI is InChI=1S/C9H17NO2S2/c1-4-13-14-9(12)6-5-8(2)10(3)7-11/h5,7,9,12H,4,6H2,1-3H3. The van der Waals surface area contributed by atoms with Crippen molar-refractivity contribution in [3.8, 4) is 0 Å². The number of hydrogen-bond acceptors (Lipinski definition) is 4. The van der Waals surface area contributed by atoms with Gasteiger partial charge in [-0.05, 0) is 6.92 Å². The molecule has 0 heterocycles. The highest BCUT2D eigenvalue weighted by Crippen LogP contribution is 2.26. The maximum atomic E-state index is 10.4. The number of aliphatic hydroxyl groups is 1. The number of carbonyl (C=O) groups is 1. The predicted octanol–water partition coefficient (Wildman–Crippen LogP) is 2.09. The van der Waals surface area contributed by atoms with Gasteiger partial charge in [0.2, 0.25) is 6.41 Å². The topological polar surface area (TPSA) is 40.5 Å². The van der Waals surface area contributed by atoms with E-state index >= 15 is 0 Å². The highest BCUT2D eigenvalue weighted by molar-refractivity contribution is 8.76. The average Bonchev–Trinajstić information content (AvgIpc) is 2.21. The Balaban J connectivity index is 3.83. The first-order valence-electron chi connectivity index (χ1n) is 4.43. The third-order valence-electron chi connectivity index (χ3n) is 1.63. The summed E-state index contributed by atoms with van der Waals surface area (Å²) < 4.78 is 0. The lowest BCUT2D eigenvalue weighted by atomic mass is 10.3. The molecule has 0 fully saturated rings. The number of hydrogen-bond donors (Lipinski definition) is 1. The zero-order valence-corrected chi connectivity index (χ0v) is 10.4. The maximum Gasteiger partial charge on any atom is 0.213 e. The minimum Gasteiger partial charge on any atom is -0.381 e. The van der Waals surface area contributed by atoms with Gasteiger partial charge in [-0.3, -0.25) is 4.79 Å². The fourth-order valence-electron chi connectivity index (χ4n) is 0.684. The van der Waals surface area contributed by atoms with Crippen LogP contribution in [0.15, 0.2) is 11.8 Å². The van der Waals surface area contributed by atoms with Crippen LogP contribution >= 0.6 is 21.6 Å². The fourth-order valence-corrected chi connectivity index (χ4v) is 2.27. The van der Waals surface area contributed by atoms with E-state index in [1.807, 2.05) is 19.9 Å². The summed E-state index contributed by atoms with van der Waals surface area (Å²) >= 11 is 0. The molecule has 5 heteroatoms. The van der Waals surface area contributed by atoms with E-state index in [4.69, 9.17) is 0 Å². The summed E-state index contributed by atoms with van der Waals surface area (Å²) in [5, 5.41) is 9.47. The zero-order chi connectivity index (χ0) is 11.0. The van der Waals surface area contributed by atoms with E-state index in [2.05, 4.69) is 0 Å². The van der Waals surface area contributed by atoms with Crippen molar-refractivity contribution in [2.75, 3.05) is 12.8 Å². The first kappa shape index (κ1) is 13.9. The predicted molar refractivity (Wildman–Crippen MR) is 63.9 cm³/mol. The van der Waals surface area contributed by atoms with Gasteiger partial charge in [-0.2, -0.15) is 0 Å². The van der Waals surface area contributed by atoms with Gasteiger partial charge in [-0.25, -0.2) is 0 Å². The molecular formula is C9H17NO2S2. The van der Waals surface area contributed by atoms with Crippen LogP contribution < -0.4 is 0 Å². The van der Waals surface area contributed by atoms with Crippen molar-refractivity contribution in [2.24, 2.45) is 0 Å². The lowest BCUT2D eigenvalue weighted by Gasteiger charge is -2.12. The molecule has 0 rings (SSSR count). The molecule has 1 amide bonds. The van der Waals surface area contributed by atoms with Gasteiger partial charge in [-0.1, -0.05) is 34.6 Å². The Hall–Kier alpha value is -0.130. The van der Waals surface area contributed by atoms with Gasteiger partial charge in [0.1, 0.15) is 5.44 Å². The molecule has 0 aromatic rings. The molecule has 0 aliphatic heterocycles. The van der Waals surface area contributed by atoms with Gasteiger partial charge in [-0.15, -0.1) is 0 Å². The lowest BCUT2D eigenvalue weighted by Crippen LogP contribution is -2.13. The van der Waals surface area contributed by atoms with Crippen LogP contribution in [0.3, 0.4) is 0 Å². The van der Waals surface area contributed by atoms with Crippen molar-refractivity contribution in [1.29, 1.82) is 0 Å². The molecule has 0 saturated carbocycles. The molecule has 0 aliphatic rings. The second kappa shape index (κ2) is 8.20. The first-order valence-corrected chi connectivity index (χ1v) is 6.81. The number of carbonyl (C=O) groups excluding carboxylic acids is 1. The zero-order valence-electron chi connectivity index (χ0n) is 8.77. The fraction of sp³-hybridized carbons (Fsp3) is 0.667. The van der Waals surface area contributed by atoms with Crippen molar-refractivity contribution in [3.63, 3.8) is 0 Å². The number of amides is 1. The molecule has 0 aromatic heterocycles. The molecule has 82 valence electrons. The summed E-state index contributed by atoms with van der Waals surface area (Å²) in [5.41, 5.74) is 0.469. The number of rotatable bonds is 7. The molecule has 14 heavy (non-hydrogen) atoms. The molecule has 1 unspecified atom stereocenters. The number of allylic oxidation sites excluding steroid dienone is 1. The SMILES string of the molecule is CCSSC(O)CC=C(C)N(C)C=O. The maximum absolute atomic E-state index is 10.4. The Bertz CT molecular complexity index is 197. The monoisotopic (exact) mass is 235 g/mol. The van der Waals surface area contributed by atoms with E-state index in [9.17, 15) is 9.90 Å². The van der Waals surface area contributed by atoms with Gasteiger partial charge in [0, 0.05) is 24.9 Å². The highest BCUT2D eigenvalue weighted by Gasteiger charge is 2.03. The summed E-state index contributed by atoms with van der Waals surface area (Å²) in [6.45, 7) is 3.89. The summed E-state index contributed by atoms with van der Waals surface area (Å²) in [6, 6.07) is 0. The van der Waals surface area contributed by atoms with Crippen LogP contribution in [0.5, 0.6) is 0 Å². The Morgan fingerprint density at radius 2 is 2.29 bits per heavy atom. The molecule has 0 radical (unpaired) electrons. The van der Waals surface area contributed by atoms with Crippen molar-refractivity contribution in [3.05, 3.63) is 11.8 Å². The summed E-state index contributed by atoms with van der Waals surface area (Å²) in [4.78, 5) is 11.9. The summed E-state index contributed by atoms with van der Waals surface area (Å²) in [6.07, 6.45) is 3.19. The van der Waals surface area contributed by atoms with Crippen LogP contribution in [0.1, 0.15) is 20.3 Å². The van der Waals surface area contributed by atoms with Crippen LogP contribution in [0.2, 0.25) is 0 Å². The smallest absolute Gasteiger partial charge is 0.213 e. The molecule has 1 atom stereocenters. The van der Waals surface area contributed by atoms with E-state index in [1.165, 1.54) is 15.7 Å². The van der Waals surface area contributed by atoms with Gasteiger partial charge in [0.25, 0.3) is 0 Å². The largest absolute Gasteiger partial charge is 0.381 e. The molecule has 0 aromatic carbocycles. The normalized spacial score (nSPS) is 13.9. The first-order chi connectivity index (χ1) is 6.61. The third kappa shape index (κ3) is 6.34. The van der Waals surface area contributed by atoms with Crippen molar-refractivity contribution < 1.29 is 9.90 Å². The molecule has 3 nitrogen and oxygen atoms in total. The quantitative estimate of drug-likeness (QED) is 0.417. The minimum atomic E-state index is -0.394. The Morgan fingerprint density at radius 1 is 1.64 bits per heavy atom. The molecule has 0 spiro atoms. The van der Waals surface area contributed by atoms with Crippen LogP contribution in [0.25, 0.3) is 0 Å². The number of nitrogens with zero attached hydrogens (tertiary/aromatic N) is 1. The van der Waals surface area contributed by atoms with Crippen molar-refractivity contribution >= 4 is 28.0 Å². The molecule has 0 saturated heterocycles. The van der Waals surface area contributed by atoms with Crippen molar-refractivity contribution in [1.82, 2.24) is 4.90 Å². The molecule has 0 bridgehead atoms. The van der Waals surface area contributed by atoms with Gasteiger partial charge in [0.15, 0.2) is 0 Å². The molecule has 0 aliphatic carbocycles. The minimum absolute atomic E-state index is 0.394. The molecular weight excluding hydrogens is 218 g/mol. The van der Waals surface area contributed by atoms with Crippen LogP contribution in [0.4, 0.5) is 0 Å². The van der Waals surface area contributed by atoms with E-state index in [1.54, 1.807) is 17.8 Å². The lowest BCUT2D eigenvalue weighted by molar-refractivity contribution is -0.115. The highest BCUT2D eigenvalue weighted by atomic mass is 33.1. The van der Waals surface area contributed by atoms with Gasteiger partial charge < -0.3 is 10.0 Å². The second-order valence-corrected chi connectivity index (χ2v) is 5.59. The Morgan fingerprint density at radius 3 is 2.79 bits per heavy atom. The number of aliphatic hydroxyl groups excluding tert-OH is 1. The Labute approximate surface area is 93.3 Å². The average molecular weight is 235 g/mol. The van der Waals surface area contributed by atoms with Crippen LogP contribution in [0, 0.1) is 0 Å².